The van der Waals surface area contributed by atoms with E-state index in [0.29, 0.717) is 37.9 Å². The maximum Gasteiger partial charge on any atom is 0.220 e. The minimum atomic E-state index is -0.214. The SMILES string of the molecule is CN=C(NCCNC(=O)CC1CCCC1)NCCc1cccc(F)c1. The Bertz CT molecular complexity index is 570. The largest absolute Gasteiger partial charge is 0.356 e. The zero-order chi connectivity index (χ0) is 17.9. The summed E-state index contributed by atoms with van der Waals surface area (Å²) in [6.07, 6.45) is 6.27. The van der Waals surface area contributed by atoms with Crippen LogP contribution in [0.2, 0.25) is 0 Å². The van der Waals surface area contributed by atoms with Crippen molar-refractivity contribution in [2.45, 2.75) is 38.5 Å². The Kier molecular flexibility index (Phi) is 8.22. The monoisotopic (exact) mass is 348 g/mol. The van der Waals surface area contributed by atoms with Crippen molar-refractivity contribution >= 4 is 11.9 Å². The number of aliphatic imine (C=N–C) groups is 1. The summed E-state index contributed by atoms with van der Waals surface area (Å²) >= 11 is 0. The van der Waals surface area contributed by atoms with Gasteiger partial charge in [-0.15, -0.1) is 0 Å². The molecule has 0 spiro atoms. The molecule has 138 valence electrons. The number of hydrogen-bond acceptors (Lipinski definition) is 2. The van der Waals surface area contributed by atoms with Crippen molar-refractivity contribution in [2.24, 2.45) is 10.9 Å². The minimum Gasteiger partial charge on any atom is -0.356 e. The van der Waals surface area contributed by atoms with Crippen molar-refractivity contribution in [3.8, 4) is 0 Å². The number of guanidine groups is 1. The van der Waals surface area contributed by atoms with Crippen LogP contribution in [0, 0.1) is 11.7 Å². The van der Waals surface area contributed by atoms with Crippen molar-refractivity contribution in [2.75, 3.05) is 26.7 Å². The maximum absolute atomic E-state index is 13.1. The molecule has 1 aliphatic carbocycles. The molecule has 2 rings (SSSR count). The highest BCUT2D eigenvalue weighted by atomic mass is 19.1. The van der Waals surface area contributed by atoms with E-state index in [1.54, 1.807) is 13.1 Å². The number of nitrogens with one attached hydrogen (secondary N) is 3. The summed E-state index contributed by atoms with van der Waals surface area (Å²) in [7, 11) is 1.70. The van der Waals surface area contributed by atoms with E-state index in [-0.39, 0.29) is 11.7 Å². The molecule has 1 aromatic carbocycles. The molecule has 6 heteroatoms. The fourth-order valence-electron chi connectivity index (χ4n) is 3.17. The number of nitrogens with zero attached hydrogens (tertiary/aromatic N) is 1. The van der Waals surface area contributed by atoms with Gasteiger partial charge in [-0.3, -0.25) is 9.79 Å². The Labute approximate surface area is 149 Å². The average Bonchev–Trinajstić information content (AvgIpc) is 3.10. The summed E-state index contributed by atoms with van der Waals surface area (Å²) in [4.78, 5) is 16.0. The van der Waals surface area contributed by atoms with Crippen LogP contribution in [0.15, 0.2) is 29.3 Å². The molecule has 0 unspecified atom stereocenters. The van der Waals surface area contributed by atoms with Gasteiger partial charge in [0.25, 0.3) is 0 Å². The standard InChI is InChI=1S/C19H29FN4O/c1-21-19(23-10-9-16-7-4-8-17(20)13-16)24-12-11-22-18(25)14-15-5-2-3-6-15/h4,7-8,13,15H,2-3,5-6,9-12,14H2,1H3,(H,22,25)(H2,21,23,24). The van der Waals surface area contributed by atoms with E-state index in [4.69, 9.17) is 0 Å². The first kappa shape index (κ1) is 19.2. The molecule has 0 aromatic heterocycles. The summed E-state index contributed by atoms with van der Waals surface area (Å²) in [5.74, 6) is 1.18. The molecule has 0 atom stereocenters. The lowest BCUT2D eigenvalue weighted by Gasteiger charge is -2.13. The molecule has 1 amide bonds. The topological polar surface area (TPSA) is 65.5 Å². The van der Waals surface area contributed by atoms with E-state index in [0.717, 1.165) is 12.0 Å². The number of benzene rings is 1. The van der Waals surface area contributed by atoms with E-state index in [9.17, 15) is 9.18 Å². The van der Waals surface area contributed by atoms with Gasteiger partial charge in [0.1, 0.15) is 5.82 Å². The van der Waals surface area contributed by atoms with Crippen molar-refractivity contribution < 1.29 is 9.18 Å². The lowest BCUT2D eigenvalue weighted by atomic mass is 10.0. The Morgan fingerprint density at radius 3 is 2.60 bits per heavy atom. The fraction of sp³-hybridized carbons (Fsp3) is 0.579. The van der Waals surface area contributed by atoms with Gasteiger partial charge in [0.15, 0.2) is 5.96 Å². The van der Waals surface area contributed by atoms with Gasteiger partial charge in [-0.25, -0.2) is 4.39 Å². The molecule has 0 radical (unpaired) electrons. The maximum atomic E-state index is 13.1. The van der Waals surface area contributed by atoms with Gasteiger partial charge < -0.3 is 16.0 Å². The third kappa shape index (κ3) is 7.54. The van der Waals surface area contributed by atoms with Gasteiger partial charge in [-0.05, 0) is 42.9 Å². The van der Waals surface area contributed by atoms with Crippen LogP contribution in [-0.4, -0.2) is 38.5 Å². The zero-order valence-electron chi connectivity index (χ0n) is 15.0. The zero-order valence-corrected chi connectivity index (χ0v) is 15.0. The summed E-state index contributed by atoms with van der Waals surface area (Å²) in [6.45, 7) is 1.86. The van der Waals surface area contributed by atoms with Gasteiger partial charge in [-0.1, -0.05) is 25.0 Å². The molecule has 5 nitrogen and oxygen atoms in total. The van der Waals surface area contributed by atoms with Crippen LogP contribution in [0.1, 0.15) is 37.7 Å². The highest BCUT2D eigenvalue weighted by molar-refractivity contribution is 5.80. The molecular weight excluding hydrogens is 319 g/mol. The summed E-state index contributed by atoms with van der Waals surface area (Å²) < 4.78 is 13.1. The second-order valence-electron chi connectivity index (χ2n) is 6.51. The quantitative estimate of drug-likeness (QED) is 0.383. The number of hydrogen-bond donors (Lipinski definition) is 3. The molecule has 1 aliphatic rings. The molecule has 1 saturated carbocycles. The summed E-state index contributed by atoms with van der Waals surface area (Å²) in [6, 6.07) is 6.60. The predicted octanol–water partition coefficient (Wildman–Crippen LogP) is 2.23. The number of halogens is 1. The van der Waals surface area contributed by atoms with Crippen LogP contribution in [-0.2, 0) is 11.2 Å². The van der Waals surface area contributed by atoms with Crippen LogP contribution in [0.3, 0.4) is 0 Å². The molecule has 0 aliphatic heterocycles. The lowest BCUT2D eigenvalue weighted by Crippen LogP contribution is -2.42. The van der Waals surface area contributed by atoms with Crippen molar-refractivity contribution in [3.05, 3.63) is 35.6 Å². The Balaban J connectivity index is 1.56. The van der Waals surface area contributed by atoms with E-state index in [2.05, 4.69) is 20.9 Å². The average molecular weight is 348 g/mol. The fourth-order valence-corrected chi connectivity index (χ4v) is 3.17. The Morgan fingerprint density at radius 2 is 1.88 bits per heavy atom. The second kappa shape index (κ2) is 10.7. The highest BCUT2D eigenvalue weighted by Crippen LogP contribution is 2.27. The van der Waals surface area contributed by atoms with Gasteiger partial charge in [0, 0.05) is 33.1 Å². The van der Waals surface area contributed by atoms with Crippen molar-refractivity contribution in [1.29, 1.82) is 0 Å². The van der Waals surface area contributed by atoms with Gasteiger partial charge in [-0.2, -0.15) is 0 Å². The third-order valence-corrected chi connectivity index (χ3v) is 4.51. The first-order valence-corrected chi connectivity index (χ1v) is 9.13. The summed E-state index contributed by atoms with van der Waals surface area (Å²) in [5.41, 5.74) is 0.946. The van der Waals surface area contributed by atoms with Crippen LogP contribution in [0.25, 0.3) is 0 Å². The van der Waals surface area contributed by atoms with Crippen LogP contribution in [0.5, 0.6) is 0 Å². The summed E-state index contributed by atoms with van der Waals surface area (Å²) in [5, 5.41) is 9.31. The normalized spacial score (nSPS) is 15.2. The van der Waals surface area contributed by atoms with E-state index in [1.807, 2.05) is 6.07 Å². The third-order valence-electron chi connectivity index (χ3n) is 4.51. The number of carbonyl (C=O) groups is 1. The first-order valence-electron chi connectivity index (χ1n) is 9.13. The molecule has 0 bridgehead atoms. The van der Waals surface area contributed by atoms with Crippen LogP contribution >= 0.6 is 0 Å². The molecular formula is C19H29FN4O. The molecule has 25 heavy (non-hydrogen) atoms. The highest BCUT2D eigenvalue weighted by Gasteiger charge is 2.17. The van der Waals surface area contributed by atoms with Crippen molar-refractivity contribution in [3.63, 3.8) is 0 Å². The Morgan fingerprint density at radius 1 is 1.16 bits per heavy atom. The Hall–Kier alpha value is -2.11. The minimum absolute atomic E-state index is 0.141. The van der Waals surface area contributed by atoms with Crippen LogP contribution in [0.4, 0.5) is 4.39 Å². The van der Waals surface area contributed by atoms with Gasteiger partial charge >= 0.3 is 0 Å². The molecule has 3 N–H and O–H groups in total. The van der Waals surface area contributed by atoms with Gasteiger partial charge in [0.2, 0.25) is 5.91 Å². The molecule has 1 aromatic rings. The number of rotatable bonds is 8. The van der Waals surface area contributed by atoms with E-state index in [1.165, 1.54) is 37.8 Å². The lowest BCUT2D eigenvalue weighted by molar-refractivity contribution is -0.121. The number of carbonyl (C=O) groups excluding carboxylic acids is 1. The molecule has 1 fully saturated rings. The second-order valence-corrected chi connectivity index (χ2v) is 6.51. The molecule has 0 saturated heterocycles. The first-order chi connectivity index (χ1) is 12.2. The number of amides is 1. The predicted molar refractivity (Wildman–Crippen MR) is 99.1 cm³/mol. The van der Waals surface area contributed by atoms with E-state index < -0.39 is 0 Å². The van der Waals surface area contributed by atoms with Gasteiger partial charge in [0.05, 0.1) is 0 Å². The van der Waals surface area contributed by atoms with E-state index >= 15 is 0 Å². The van der Waals surface area contributed by atoms with Crippen LogP contribution < -0.4 is 16.0 Å². The smallest absolute Gasteiger partial charge is 0.220 e. The van der Waals surface area contributed by atoms with Crippen molar-refractivity contribution in [1.82, 2.24) is 16.0 Å². The molecule has 0 heterocycles.